The third kappa shape index (κ3) is 3.57. The predicted octanol–water partition coefficient (Wildman–Crippen LogP) is 2.21. The molecule has 1 aliphatic heterocycles. The third-order valence-electron chi connectivity index (χ3n) is 4.13. The maximum atomic E-state index is 12.6. The SMILES string of the molecule is C#CCCC1(CCNC(=O)c2cc(C(=O)OCC)n3ncccc23)N=N1. The standard InChI is InChI=1S/C18H19N5O3/c1-3-5-8-18(21-22-18)9-11-19-16(24)13-12-15(17(25)26-4-2)23-14(13)7-6-10-20-23/h1,6-7,10,12H,4-5,8-9,11H2,2H3,(H,19,24). The Kier molecular flexibility index (Phi) is 4.98. The average Bonchev–Trinajstić information content (AvgIpc) is 3.30. The van der Waals surface area contributed by atoms with Crippen LogP contribution >= 0.6 is 0 Å². The first-order valence-electron chi connectivity index (χ1n) is 8.40. The molecule has 1 aliphatic rings. The minimum atomic E-state index is -0.524. The molecular formula is C18H19N5O3. The normalized spacial score (nSPS) is 14.0. The van der Waals surface area contributed by atoms with Crippen LogP contribution < -0.4 is 5.32 Å². The van der Waals surface area contributed by atoms with Crippen LogP contribution in [-0.2, 0) is 4.74 Å². The van der Waals surface area contributed by atoms with E-state index in [1.807, 2.05) is 0 Å². The zero-order valence-electron chi connectivity index (χ0n) is 14.4. The van der Waals surface area contributed by atoms with Crippen LogP contribution in [0.5, 0.6) is 0 Å². The van der Waals surface area contributed by atoms with E-state index in [9.17, 15) is 9.59 Å². The lowest BCUT2D eigenvalue weighted by molar-refractivity contribution is 0.0517. The fourth-order valence-corrected chi connectivity index (χ4v) is 2.71. The van der Waals surface area contributed by atoms with Crippen molar-refractivity contribution in [1.82, 2.24) is 14.9 Å². The molecule has 1 N–H and O–H groups in total. The van der Waals surface area contributed by atoms with Crippen LogP contribution in [0, 0.1) is 12.3 Å². The number of rotatable bonds is 8. The van der Waals surface area contributed by atoms with Gasteiger partial charge in [0.15, 0.2) is 11.4 Å². The fourth-order valence-electron chi connectivity index (χ4n) is 2.71. The van der Waals surface area contributed by atoms with Crippen LogP contribution in [0.1, 0.15) is 47.0 Å². The van der Waals surface area contributed by atoms with Gasteiger partial charge in [-0.25, -0.2) is 9.31 Å². The Bertz CT molecular complexity index is 903. The molecule has 2 aromatic rings. The average molecular weight is 353 g/mol. The lowest BCUT2D eigenvalue weighted by atomic mass is 10.0. The van der Waals surface area contributed by atoms with Gasteiger partial charge in [0.2, 0.25) is 0 Å². The summed E-state index contributed by atoms with van der Waals surface area (Å²) in [5.41, 5.74) is 0.671. The smallest absolute Gasteiger partial charge is 0.357 e. The van der Waals surface area contributed by atoms with Crippen LogP contribution in [-0.4, -0.2) is 40.3 Å². The molecule has 0 saturated carbocycles. The Morgan fingerprint density at radius 1 is 1.38 bits per heavy atom. The Morgan fingerprint density at radius 3 is 2.88 bits per heavy atom. The summed E-state index contributed by atoms with van der Waals surface area (Å²) >= 11 is 0. The van der Waals surface area contributed by atoms with E-state index in [0.717, 1.165) is 0 Å². The monoisotopic (exact) mass is 353 g/mol. The largest absolute Gasteiger partial charge is 0.461 e. The lowest BCUT2D eigenvalue weighted by Crippen LogP contribution is -2.28. The van der Waals surface area contributed by atoms with Crippen molar-refractivity contribution in [2.45, 2.75) is 31.8 Å². The molecule has 0 fully saturated rings. The summed E-state index contributed by atoms with van der Waals surface area (Å²) in [5, 5.41) is 15.1. The molecular weight excluding hydrogens is 334 g/mol. The molecule has 8 heteroatoms. The molecule has 8 nitrogen and oxygen atoms in total. The Labute approximate surface area is 150 Å². The van der Waals surface area contributed by atoms with Gasteiger partial charge in [0.1, 0.15) is 0 Å². The van der Waals surface area contributed by atoms with Gasteiger partial charge in [-0.1, -0.05) is 0 Å². The molecule has 2 aromatic heterocycles. The molecule has 0 aromatic carbocycles. The number of fused-ring (bicyclic) bond motifs is 1. The number of carbonyl (C=O) groups excluding carboxylic acids is 2. The van der Waals surface area contributed by atoms with E-state index in [1.165, 1.54) is 10.6 Å². The molecule has 1 amide bonds. The van der Waals surface area contributed by atoms with Crippen molar-refractivity contribution in [2.75, 3.05) is 13.2 Å². The number of carbonyl (C=O) groups is 2. The first-order valence-corrected chi connectivity index (χ1v) is 8.40. The number of amides is 1. The van der Waals surface area contributed by atoms with E-state index in [1.54, 1.807) is 25.3 Å². The maximum Gasteiger partial charge on any atom is 0.357 e. The zero-order chi connectivity index (χ0) is 18.6. The molecule has 26 heavy (non-hydrogen) atoms. The highest BCUT2D eigenvalue weighted by molar-refractivity contribution is 6.04. The van der Waals surface area contributed by atoms with E-state index < -0.39 is 11.6 Å². The number of nitrogens with zero attached hydrogens (tertiary/aromatic N) is 4. The van der Waals surface area contributed by atoms with Crippen molar-refractivity contribution in [2.24, 2.45) is 10.2 Å². The molecule has 3 heterocycles. The second-order valence-electron chi connectivity index (χ2n) is 5.88. The molecule has 0 aliphatic carbocycles. The zero-order valence-corrected chi connectivity index (χ0v) is 14.4. The summed E-state index contributed by atoms with van der Waals surface area (Å²) in [4.78, 5) is 24.7. The van der Waals surface area contributed by atoms with Crippen LogP contribution in [0.3, 0.4) is 0 Å². The topological polar surface area (TPSA) is 97.4 Å². The third-order valence-corrected chi connectivity index (χ3v) is 4.13. The molecule has 0 saturated heterocycles. The van der Waals surface area contributed by atoms with Gasteiger partial charge in [0, 0.05) is 32.0 Å². The van der Waals surface area contributed by atoms with E-state index in [0.29, 0.717) is 36.9 Å². The van der Waals surface area contributed by atoms with Crippen molar-refractivity contribution < 1.29 is 14.3 Å². The number of hydrogen-bond acceptors (Lipinski definition) is 6. The summed E-state index contributed by atoms with van der Waals surface area (Å²) in [6.07, 6.45) is 8.69. The van der Waals surface area contributed by atoms with Gasteiger partial charge in [-0.2, -0.15) is 15.3 Å². The molecule has 0 spiro atoms. The second-order valence-corrected chi connectivity index (χ2v) is 5.88. The van der Waals surface area contributed by atoms with Gasteiger partial charge in [-0.05, 0) is 25.1 Å². The Morgan fingerprint density at radius 2 is 2.19 bits per heavy atom. The molecule has 134 valence electrons. The second kappa shape index (κ2) is 7.35. The number of esters is 1. The summed E-state index contributed by atoms with van der Waals surface area (Å²) in [6.45, 7) is 2.37. The van der Waals surface area contributed by atoms with Crippen molar-refractivity contribution >= 4 is 17.4 Å². The van der Waals surface area contributed by atoms with E-state index in [2.05, 4.69) is 26.6 Å². The highest BCUT2D eigenvalue weighted by Crippen LogP contribution is 2.36. The summed E-state index contributed by atoms with van der Waals surface area (Å²) in [5.74, 6) is 1.75. The van der Waals surface area contributed by atoms with Crippen LogP contribution in [0.4, 0.5) is 0 Å². The molecule has 0 radical (unpaired) electrons. The van der Waals surface area contributed by atoms with Gasteiger partial charge in [0.05, 0.1) is 17.7 Å². The molecule has 3 rings (SSSR count). The van der Waals surface area contributed by atoms with Crippen molar-refractivity contribution in [1.29, 1.82) is 0 Å². The van der Waals surface area contributed by atoms with E-state index in [4.69, 9.17) is 11.2 Å². The maximum absolute atomic E-state index is 12.6. The first-order chi connectivity index (χ1) is 12.6. The number of hydrogen-bond donors (Lipinski definition) is 1. The van der Waals surface area contributed by atoms with Gasteiger partial charge < -0.3 is 10.1 Å². The van der Waals surface area contributed by atoms with Gasteiger partial charge in [-0.15, -0.1) is 12.3 Å². The quantitative estimate of drug-likeness (QED) is 0.581. The van der Waals surface area contributed by atoms with Crippen molar-refractivity contribution in [3.05, 3.63) is 35.7 Å². The predicted molar refractivity (Wildman–Crippen MR) is 93.8 cm³/mol. The number of terminal acetylenes is 1. The van der Waals surface area contributed by atoms with Crippen molar-refractivity contribution in [3.8, 4) is 12.3 Å². The minimum absolute atomic E-state index is 0.213. The summed E-state index contributed by atoms with van der Waals surface area (Å²) in [6, 6.07) is 4.93. The first kappa shape index (κ1) is 17.6. The molecule has 0 unspecified atom stereocenters. The van der Waals surface area contributed by atoms with Crippen LogP contribution in [0.15, 0.2) is 34.6 Å². The molecule has 0 atom stereocenters. The van der Waals surface area contributed by atoms with E-state index in [-0.39, 0.29) is 18.2 Å². The summed E-state index contributed by atoms with van der Waals surface area (Å²) in [7, 11) is 0. The van der Waals surface area contributed by atoms with Gasteiger partial charge >= 0.3 is 5.97 Å². The van der Waals surface area contributed by atoms with Crippen LogP contribution in [0.2, 0.25) is 0 Å². The highest BCUT2D eigenvalue weighted by atomic mass is 16.5. The Hall–Kier alpha value is -3.21. The molecule has 0 bridgehead atoms. The van der Waals surface area contributed by atoms with Crippen LogP contribution in [0.25, 0.3) is 5.52 Å². The lowest BCUT2D eigenvalue weighted by Gasteiger charge is -2.09. The number of aromatic nitrogens is 2. The van der Waals surface area contributed by atoms with E-state index >= 15 is 0 Å². The summed E-state index contributed by atoms with van der Waals surface area (Å²) < 4.78 is 6.44. The fraction of sp³-hybridized carbons (Fsp3) is 0.389. The number of ether oxygens (including phenoxy) is 1. The minimum Gasteiger partial charge on any atom is -0.461 e. The Balaban J connectivity index is 1.70. The highest BCUT2D eigenvalue weighted by Gasteiger charge is 2.38. The van der Waals surface area contributed by atoms with Gasteiger partial charge in [-0.3, -0.25) is 4.79 Å². The van der Waals surface area contributed by atoms with Crippen molar-refractivity contribution in [3.63, 3.8) is 0 Å². The van der Waals surface area contributed by atoms with Gasteiger partial charge in [0.25, 0.3) is 5.91 Å². The number of nitrogens with one attached hydrogen (secondary N) is 1.